The van der Waals surface area contributed by atoms with Crippen LogP contribution in [0.3, 0.4) is 0 Å². The zero-order valence-electron chi connectivity index (χ0n) is 11.2. The van der Waals surface area contributed by atoms with Crippen LogP contribution in [-0.2, 0) is 13.1 Å². The van der Waals surface area contributed by atoms with E-state index >= 15 is 0 Å². The summed E-state index contributed by atoms with van der Waals surface area (Å²) in [5.74, 6) is 0.948. The summed E-state index contributed by atoms with van der Waals surface area (Å²) in [5.41, 5.74) is 2.20. The normalized spacial score (nSPS) is 10.7. The van der Waals surface area contributed by atoms with Gasteiger partial charge in [0, 0.05) is 20.1 Å². The van der Waals surface area contributed by atoms with E-state index in [1.54, 1.807) is 11.3 Å². The third-order valence-corrected chi connectivity index (χ3v) is 3.91. The summed E-state index contributed by atoms with van der Waals surface area (Å²) in [7, 11) is 2.05. The van der Waals surface area contributed by atoms with Crippen LogP contribution in [0.1, 0.15) is 18.2 Å². The molecule has 2 heterocycles. The second kappa shape index (κ2) is 6.89. The Bertz CT molecular complexity index is 513. The summed E-state index contributed by atoms with van der Waals surface area (Å²) in [4.78, 5) is 6.76. The van der Waals surface area contributed by atoms with Crippen molar-refractivity contribution < 1.29 is 0 Å². The zero-order chi connectivity index (χ0) is 13.7. The summed E-state index contributed by atoms with van der Waals surface area (Å²) in [5, 5.41) is 8.22. The van der Waals surface area contributed by atoms with E-state index in [9.17, 15) is 0 Å². The van der Waals surface area contributed by atoms with Gasteiger partial charge in [-0.25, -0.2) is 4.98 Å². The predicted molar refractivity (Wildman–Crippen MR) is 83.1 cm³/mol. The number of aromatic nitrogens is 1. The van der Waals surface area contributed by atoms with Gasteiger partial charge in [0.15, 0.2) is 0 Å². The molecule has 3 nitrogen and oxygen atoms in total. The summed E-state index contributed by atoms with van der Waals surface area (Å²) < 4.78 is 0. The van der Waals surface area contributed by atoms with Crippen LogP contribution in [0.25, 0.3) is 0 Å². The maximum atomic E-state index is 6.16. The lowest BCUT2D eigenvalue weighted by molar-refractivity contribution is 0.709. The predicted octanol–water partition coefficient (Wildman–Crippen LogP) is 3.54. The van der Waals surface area contributed by atoms with Crippen molar-refractivity contribution in [3.05, 3.63) is 45.2 Å². The Morgan fingerprint density at radius 1 is 1.37 bits per heavy atom. The van der Waals surface area contributed by atoms with Crippen LogP contribution in [0, 0.1) is 0 Å². The molecular formula is C14H18ClN3S. The van der Waals surface area contributed by atoms with Crippen molar-refractivity contribution in [2.75, 3.05) is 18.5 Å². The molecule has 0 aliphatic rings. The van der Waals surface area contributed by atoms with Crippen LogP contribution in [-0.4, -0.2) is 18.6 Å². The average molecular weight is 296 g/mol. The molecule has 0 spiro atoms. The van der Waals surface area contributed by atoms with Crippen molar-refractivity contribution in [2.24, 2.45) is 0 Å². The molecule has 2 aromatic heterocycles. The summed E-state index contributed by atoms with van der Waals surface area (Å²) in [6, 6.07) is 6.02. The summed E-state index contributed by atoms with van der Waals surface area (Å²) in [6.45, 7) is 4.54. The Morgan fingerprint density at radius 2 is 2.21 bits per heavy atom. The fourth-order valence-corrected chi connectivity index (χ4v) is 2.62. The molecule has 0 saturated heterocycles. The first kappa shape index (κ1) is 14.3. The second-order valence-corrected chi connectivity index (χ2v) is 5.55. The van der Waals surface area contributed by atoms with Gasteiger partial charge in [0.05, 0.1) is 10.7 Å². The van der Waals surface area contributed by atoms with Gasteiger partial charge < -0.3 is 10.2 Å². The van der Waals surface area contributed by atoms with Crippen molar-refractivity contribution in [2.45, 2.75) is 20.0 Å². The molecule has 2 aromatic rings. The van der Waals surface area contributed by atoms with E-state index in [2.05, 4.69) is 39.0 Å². The molecule has 102 valence electrons. The van der Waals surface area contributed by atoms with Crippen LogP contribution in [0.15, 0.2) is 29.0 Å². The van der Waals surface area contributed by atoms with Crippen molar-refractivity contribution >= 4 is 28.8 Å². The fraction of sp³-hybridized carbons (Fsp3) is 0.357. The first-order valence-electron chi connectivity index (χ1n) is 6.29. The van der Waals surface area contributed by atoms with Gasteiger partial charge in [-0.3, -0.25) is 0 Å². The lowest BCUT2D eigenvalue weighted by atomic mass is 10.3. The van der Waals surface area contributed by atoms with Gasteiger partial charge in [0.25, 0.3) is 0 Å². The Kier molecular flexibility index (Phi) is 5.19. The van der Waals surface area contributed by atoms with Crippen LogP contribution in [0.5, 0.6) is 0 Å². The topological polar surface area (TPSA) is 28.2 Å². The van der Waals surface area contributed by atoms with Gasteiger partial charge >= 0.3 is 0 Å². The highest BCUT2D eigenvalue weighted by Crippen LogP contribution is 2.20. The van der Waals surface area contributed by atoms with Gasteiger partial charge in [-0.2, -0.15) is 11.3 Å². The van der Waals surface area contributed by atoms with E-state index in [0.717, 1.165) is 24.6 Å². The fourth-order valence-electron chi connectivity index (χ4n) is 1.79. The average Bonchev–Trinajstić information content (AvgIpc) is 2.90. The second-order valence-electron chi connectivity index (χ2n) is 4.37. The largest absolute Gasteiger partial charge is 0.355 e. The van der Waals surface area contributed by atoms with E-state index in [4.69, 9.17) is 11.6 Å². The van der Waals surface area contributed by atoms with E-state index in [0.29, 0.717) is 11.6 Å². The first-order valence-corrected chi connectivity index (χ1v) is 7.61. The van der Waals surface area contributed by atoms with E-state index in [1.807, 2.05) is 19.2 Å². The maximum Gasteiger partial charge on any atom is 0.129 e. The molecule has 0 unspecified atom stereocenters. The van der Waals surface area contributed by atoms with Gasteiger partial charge in [0.1, 0.15) is 5.82 Å². The quantitative estimate of drug-likeness (QED) is 0.883. The van der Waals surface area contributed by atoms with Crippen LogP contribution in [0.4, 0.5) is 5.82 Å². The number of hydrogen-bond acceptors (Lipinski definition) is 4. The molecule has 0 amide bonds. The number of rotatable bonds is 6. The number of hydrogen-bond donors (Lipinski definition) is 1. The van der Waals surface area contributed by atoms with Gasteiger partial charge in [0.2, 0.25) is 0 Å². The number of halogens is 1. The molecule has 1 N–H and O–H groups in total. The van der Waals surface area contributed by atoms with E-state index < -0.39 is 0 Å². The lowest BCUT2D eigenvalue weighted by Crippen LogP contribution is -2.19. The highest BCUT2D eigenvalue weighted by atomic mass is 35.5. The molecule has 0 aliphatic carbocycles. The molecule has 0 aromatic carbocycles. The number of thiophene rings is 1. The standard InChI is InChI=1S/C14H18ClN3S/c1-3-16-8-13-12(15)4-5-14(17-13)18(2)9-11-6-7-19-10-11/h4-7,10,16H,3,8-9H2,1-2H3. The number of nitrogens with one attached hydrogen (secondary N) is 1. The van der Waals surface area contributed by atoms with E-state index in [1.165, 1.54) is 5.56 Å². The first-order chi connectivity index (χ1) is 9.20. The molecule has 0 saturated carbocycles. The molecule has 0 fully saturated rings. The SMILES string of the molecule is CCNCc1nc(N(C)Cc2ccsc2)ccc1Cl. The molecular weight excluding hydrogens is 278 g/mol. The smallest absolute Gasteiger partial charge is 0.129 e. The number of nitrogens with zero attached hydrogens (tertiary/aromatic N) is 2. The van der Waals surface area contributed by atoms with Gasteiger partial charge in [-0.15, -0.1) is 0 Å². The third kappa shape index (κ3) is 3.93. The van der Waals surface area contributed by atoms with Crippen LogP contribution >= 0.6 is 22.9 Å². The molecule has 5 heteroatoms. The molecule has 2 rings (SSSR count). The highest BCUT2D eigenvalue weighted by Gasteiger charge is 2.08. The lowest BCUT2D eigenvalue weighted by Gasteiger charge is -2.18. The molecule has 0 atom stereocenters. The minimum absolute atomic E-state index is 0.704. The minimum atomic E-state index is 0.704. The Morgan fingerprint density at radius 3 is 2.89 bits per heavy atom. The summed E-state index contributed by atoms with van der Waals surface area (Å²) >= 11 is 7.88. The van der Waals surface area contributed by atoms with Gasteiger partial charge in [-0.1, -0.05) is 18.5 Å². The van der Waals surface area contributed by atoms with Crippen LogP contribution in [0.2, 0.25) is 5.02 Å². The molecule has 0 radical (unpaired) electrons. The van der Waals surface area contributed by atoms with Gasteiger partial charge in [-0.05, 0) is 41.1 Å². The third-order valence-electron chi connectivity index (χ3n) is 2.84. The monoisotopic (exact) mass is 295 g/mol. The van der Waals surface area contributed by atoms with Crippen molar-refractivity contribution in [1.29, 1.82) is 0 Å². The Labute approximate surface area is 123 Å². The maximum absolute atomic E-state index is 6.16. The van der Waals surface area contributed by atoms with Crippen LogP contribution < -0.4 is 10.2 Å². The number of pyridine rings is 1. The molecule has 0 aliphatic heterocycles. The minimum Gasteiger partial charge on any atom is -0.355 e. The zero-order valence-corrected chi connectivity index (χ0v) is 12.8. The molecule has 19 heavy (non-hydrogen) atoms. The summed E-state index contributed by atoms with van der Waals surface area (Å²) in [6.07, 6.45) is 0. The number of anilines is 1. The molecule has 0 bridgehead atoms. The Balaban J connectivity index is 2.10. The van der Waals surface area contributed by atoms with Crippen molar-refractivity contribution in [1.82, 2.24) is 10.3 Å². The van der Waals surface area contributed by atoms with Crippen molar-refractivity contribution in [3.63, 3.8) is 0 Å². The van der Waals surface area contributed by atoms with E-state index in [-0.39, 0.29) is 0 Å². The highest BCUT2D eigenvalue weighted by molar-refractivity contribution is 7.07. The Hall–Kier alpha value is -1.10. The van der Waals surface area contributed by atoms with Crippen molar-refractivity contribution in [3.8, 4) is 0 Å².